The highest BCUT2D eigenvalue weighted by atomic mass is 32.2. The smallest absolute Gasteiger partial charge is 0.231 e. The summed E-state index contributed by atoms with van der Waals surface area (Å²) < 4.78 is 67.5. The lowest BCUT2D eigenvalue weighted by molar-refractivity contribution is -0.117. The zero-order valence-corrected chi connectivity index (χ0v) is 26.8. The molecule has 0 atom stereocenters. The van der Waals surface area contributed by atoms with E-state index in [-0.39, 0.29) is 51.7 Å². The molecule has 7 rings (SSSR count). The van der Waals surface area contributed by atoms with E-state index >= 15 is 0 Å². The largest absolute Gasteiger partial charge is 0.309 e. The first kappa shape index (κ1) is 33.7. The summed E-state index contributed by atoms with van der Waals surface area (Å²) in [6.45, 7) is 0. The molecule has 0 spiro atoms. The second-order valence-corrected chi connectivity index (χ2v) is 12.6. The van der Waals surface area contributed by atoms with Gasteiger partial charge in [0.25, 0.3) is 0 Å². The fourth-order valence-corrected chi connectivity index (χ4v) is 5.12. The first-order valence-electron chi connectivity index (χ1n) is 14.8. The molecule has 0 radical (unpaired) electrons. The van der Waals surface area contributed by atoms with Gasteiger partial charge in [-0.2, -0.15) is 0 Å². The molecule has 6 aromatic rings. The van der Waals surface area contributed by atoms with Gasteiger partial charge in [0.05, 0.1) is 48.5 Å². The molecule has 0 bridgehead atoms. The van der Waals surface area contributed by atoms with Crippen molar-refractivity contribution in [2.75, 3.05) is 16.3 Å². The third-order valence-corrected chi connectivity index (χ3v) is 7.60. The van der Waals surface area contributed by atoms with Gasteiger partial charge < -0.3 is 5.32 Å². The maximum atomic E-state index is 14.2. The van der Waals surface area contributed by atoms with Crippen LogP contribution in [0.3, 0.4) is 0 Å². The Labute approximate surface area is 283 Å². The van der Waals surface area contributed by atoms with Crippen molar-refractivity contribution in [3.8, 4) is 45.0 Å². The zero-order chi connectivity index (χ0) is 35.3. The Kier molecular flexibility index (Phi) is 9.75. The molecule has 1 amide bonds. The number of carbonyl (C=O) groups excluding carboxylic acids is 1. The van der Waals surface area contributed by atoms with Gasteiger partial charge in [0.1, 0.15) is 17.1 Å². The maximum absolute atomic E-state index is 14.2. The molecule has 6 aromatic heterocycles. The summed E-state index contributed by atoms with van der Waals surface area (Å²) in [5, 5.41) is 2.69. The number of amides is 1. The molecule has 50 heavy (non-hydrogen) atoms. The highest BCUT2D eigenvalue weighted by molar-refractivity contribution is 7.92. The normalized spacial score (nSPS) is 12.4. The summed E-state index contributed by atoms with van der Waals surface area (Å²) in [7, 11) is -3.51. The number of hydrogen-bond acceptors (Lipinski definition) is 11. The molecule has 1 aliphatic carbocycles. The Hall–Kier alpha value is -6.23. The lowest BCUT2D eigenvalue weighted by atomic mass is 10.1. The van der Waals surface area contributed by atoms with Gasteiger partial charge in [0.2, 0.25) is 15.9 Å². The van der Waals surface area contributed by atoms with Crippen LogP contribution in [0.2, 0.25) is 0 Å². The lowest BCUT2D eigenvalue weighted by Crippen LogP contribution is -2.15. The van der Waals surface area contributed by atoms with Crippen LogP contribution in [0.4, 0.5) is 24.8 Å². The van der Waals surface area contributed by atoms with E-state index in [0.717, 1.165) is 37.7 Å². The molecule has 2 N–H and O–H groups in total. The summed E-state index contributed by atoms with van der Waals surface area (Å²) >= 11 is 0. The Morgan fingerprint density at radius 3 is 1.82 bits per heavy atom. The molecule has 1 aliphatic rings. The molecule has 0 saturated heterocycles. The predicted octanol–water partition coefficient (Wildman–Crippen LogP) is 5.34. The van der Waals surface area contributed by atoms with Gasteiger partial charge in [-0.05, 0) is 43.2 Å². The van der Waals surface area contributed by atoms with Crippen molar-refractivity contribution in [1.29, 1.82) is 0 Å². The Morgan fingerprint density at radius 2 is 1.24 bits per heavy atom. The number of carbonyl (C=O) groups is 1. The third-order valence-electron chi connectivity index (χ3n) is 7.02. The summed E-state index contributed by atoms with van der Waals surface area (Å²) in [5.41, 5.74) is 1.79. The van der Waals surface area contributed by atoms with Crippen molar-refractivity contribution in [2.24, 2.45) is 5.92 Å². The van der Waals surface area contributed by atoms with E-state index in [1.807, 2.05) is 0 Å². The highest BCUT2D eigenvalue weighted by Crippen LogP contribution is 2.34. The van der Waals surface area contributed by atoms with Crippen molar-refractivity contribution in [2.45, 2.75) is 12.8 Å². The van der Waals surface area contributed by atoms with Crippen LogP contribution in [0.15, 0.2) is 92.3 Å². The quantitative estimate of drug-likeness (QED) is 0.210. The van der Waals surface area contributed by atoms with E-state index in [4.69, 9.17) is 0 Å². The van der Waals surface area contributed by atoms with Crippen LogP contribution in [-0.4, -0.2) is 60.5 Å². The number of nitrogens with one attached hydrogen (secondary N) is 2. The molecule has 1 fully saturated rings. The number of hydrogen-bond donors (Lipinski definition) is 2. The van der Waals surface area contributed by atoms with E-state index in [2.05, 4.69) is 49.9 Å². The average molecular weight is 699 g/mol. The molecule has 13 nitrogen and oxygen atoms in total. The van der Waals surface area contributed by atoms with Crippen LogP contribution in [0, 0.1) is 23.4 Å². The number of halogens is 3. The van der Waals surface area contributed by atoms with Crippen LogP contribution >= 0.6 is 0 Å². The molecular weight excluding hydrogens is 673 g/mol. The minimum absolute atomic E-state index is 0.00611. The first-order chi connectivity index (χ1) is 24.1. The van der Waals surface area contributed by atoms with Crippen molar-refractivity contribution in [3.05, 3.63) is 110 Å². The molecule has 1 saturated carbocycles. The molecule has 6 heterocycles. The molecule has 17 heteroatoms. The predicted molar refractivity (Wildman–Crippen MR) is 177 cm³/mol. The highest BCUT2D eigenvalue weighted by Gasteiger charge is 2.30. The number of anilines is 2. The summed E-state index contributed by atoms with van der Waals surface area (Å²) in [4.78, 5) is 44.2. The number of aromatic nitrogens is 8. The molecule has 0 unspecified atom stereocenters. The van der Waals surface area contributed by atoms with Gasteiger partial charge in [-0.1, -0.05) is 0 Å². The van der Waals surface area contributed by atoms with Crippen molar-refractivity contribution < 1.29 is 26.4 Å². The summed E-state index contributed by atoms with van der Waals surface area (Å²) in [6, 6.07) is 8.27. The minimum Gasteiger partial charge on any atom is -0.309 e. The zero-order valence-electron chi connectivity index (χ0n) is 26.0. The second-order valence-electron chi connectivity index (χ2n) is 10.9. The Morgan fingerprint density at radius 1 is 0.680 bits per heavy atom. The Bertz CT molecular complexity index is 2260. The summed E-state index contributed by atoms with van der Waals surface area (Å²) in [6.07, 6.45) is 15.8. The minimum atomic E-state index is -3.51. The molecule has 0 aliphatic heterocycles. The van der Waals surface area contributed by atoms with Crippen LogP contribution in [-0.2, 0) is 14.8 Å². The molecule has 252 valence electrons. The van der Waals surface area contributed by atoms with E-state index < -0.39 is 27.5 Å². The van der Waals surface area contributed by atoms with Crippen molar-refractivity contribution in [3.63, 3.8) is 0 Å². The van der Waals surface area contributed by atoms with Gasteiger partial charge in [-0.15, -0.1) is 0 Å². The fourth-order valence-electron chi connectivity index (χ4n) is 4.64. The van der Waals surface area contributed by atoms with Gasteiger partial charge in [0.15, 0.2) is 29.1 Å². The van der Waals surface area contributed by atoms with Gasteiger partial charge in [-0.3, -0.25) is 29.5 Å². The first-order valence-corrected chi connectivity index (χ1v) is 16.7. The Balaban J connectivity index is 0.000000174. The van der Waals surface area contributed by atoms with Crippen LogP contribution in [0.1, 0.15) is 12.8 Å². The SMILES string of the molecule is CS(=O)(=O)Nc1cnc(-c2ccncc2F)c(-c2cccnc2)n1.O=C(Nc1cnc(-c2c(F)cncc2F)c(-c2cccnc2)n1)C1CC1. The molecular formula is C33H25F3N10O3S. The molecule has 0 aromatic carbocycles. The topological polar surface area (TPSA) is 178 Å². The van der Waals surface area contributed by atoms with Crippen LogP contribution in [0.25, 0.3) is 45.0 Å². The lowest BCUT2D eigenvalue weighted by Gasteiger charge is -2.12. The van der Waals surface area contributed by atoms with Gasteiger partial charge >= 0.3 is 0 Å². The van der Waals surface area contributed by atoms with Crippen LogP contribution < -0.4 is 10.0 Å². The number of nitrogens with zero attached hydrogens (tertiary/aromatic N) is 8. The van der Waals surface area contributed by atoms with E-state index in [9.17, 15) is 26.4 Å². The van der Waals surface area contributed by atoms with E-state index in [1.165, 1.54) is 37.1 Å². The average Bonchev–Trinajstić information content (AvgIpc) is 3.96. The maximum Gasteiger partial charge on any atom is 0.231 e. The number of pyridine rings is 4. The van der Waals surface area contributed by atoms with E-state index in [1.54, 1.807) is 36.7 Å². The van der Waals surface area contributed by atoms with Crippen LogP contribution in [0.5, 0.6) is 0 Å². The third kappa shape index (κ3) is 8.07. The standard InChI is InChI=1S/C18H13F2N5O.C15H12FN5O2S/c19-12-7-22-8-13(20)15(12)17-16(11-2-1-5-21-6-11)24-14(9-23-17)25-18(26)10-3-4-10;1-24(22,23)21-13-9-19-15(11-4-6-18-8-12(11)16)14(20-13)10-3-2-5-17-7-10/h1-2,5-10H,3-4H2,(H,24,25,26);2-9H,1H3,(H,20,21). The summed E-state index contributed by atoms with van der Waals surface area (Å²) in [5.74, 6) is -2.13. The van der Waals surface area contributed by atoms with Crippen molar-refractivity contribution >= 4 is 27.6 Å². The van der Waals surface area contributed by atoms with Gasteiger partial charge in [0, 0.05) is 53.6 Å². The monoisotopic (exact) mass is 698 g/mol. The van der Waals surface area contributed by atoms with E-state index in [0.29, 0.717) is 16.8 Å². The van der Waals surface area contributed by atoms with Gasteiger partial charge in [-0.25, -0.2) is 41.5 Å². The number of sulfonamides is 1. The van der Waals surface area contributed by atoms with Crippen molar-refractivity contribution in [1.82, 2.24) is 39.9 Å². The fraction of sp³-hybridized carbons (Fsp3) is 0.121. The number of rotatable bonds is 8. The second kappa shape index (κ2) is 14.5.